The molecule has 0 aromatic heterocycles. The maximum Gasteiger partial charge on any atom is 0.262 e. The van der Waals surface area contributed by atoms with Crippen LogP contribution in [0.15, 0.2) is 21.5 Å². The van der Waals surface area contributed by atoms with Crippen LogP contribution in [0.1, 0.15) is 0 Å². The van der Waals surface area contributed by atoms with Gasteiger partial charge in [0.25, 0.3) is 5.91 Å². The van der Waals surface area contributed by atoms with Crippen LogP contribution in [0.3, 0.4) is 0 Å². The highest BCUT2D eigenvalue weighted by Crippen LogP contribution is 2.36. The average molecular weight is 413 g/mol. The molecule has 0 bridgehead atoms. The first-order chi connectivity index (χ1) is 9.98. The second-order valence-corrected chi connectivity index (χ2v) is 7.53. The van der Waals surface area contributed by atoms with Gasteiger partial charge in [-0.15, -0.1) is 12.4 Å². The summed E-state index contributed by atoms with van der Waals surface area (Å²) in [5.41, 5.74) is 0.470. The molecule has 0 aliphatic carbocycles. The highest BCUT2D eigenvalue weighted by molar-refractivity contribution is 9.10. The fraction of sp³-hybridized carbons (Fsp3) is 0.417. The summed E-state index contributed by atoms with van der Waals surface area (Å²) < 4.78 is 32.5. The van der Waals surface area contributed by atoms with Gasteiger partial charge in [-0.25, -0.2) is 8.42 Å². The van der Waals surface area contributed by atoms with Crippen molar-refractivity contribution >= 4 is 50.0 Å². The van der Waals surface area contributed by atoms with Gasteiger partial charge < -0.3 is 15.4 Å². The van der Waals surface area contributed by atoms with E-state index in [-0.39, 0.29) is 29.8 Å². The predicted molar refractivity (Wildman–Crippen MR) is 87.1 cm³/mol. The van der Waals surface area contributed by atoms with E-state index in [1.165, 1.54) is 10.4 Å². The molecule has 1 amide bonds. The molecule has 1 fully saturated rings. The smallest absolute Gasteiger partial charge is 0.262 e. The van der Waals surface area contributed by atoms with E-state index in [1.54, 1.807) is 6.07 Å². The highest BCUT2D eigenvalue weighted by Gasteiger charge is 2.30. The fourth-order valence-electron chi connectivity index (χ4n) is 2.30. The number of hydrogen-bond acceptors (Lipinski definition) is 5. The van der Waals surface area contributed by atoms with Crippen LogP contribution >= 0.6 is 28.3 Å². The number of nitrogens with zero attached hydrogens (tertiary/aromatic N) is 1. The van der Waals surface area contributed by atoms with Crippen LogP contribution in [0.25, 0.3) is 0 Å². The van der Waals surface area contributed by atoms with Crippen molar-refractivity contribution in [1.29, 1.82) is 0 Å². The van der Waals surface area contributed by atoms with Crippen molar-refractivity contribution in [1.82, 2.24) is 9.62 Å². The molecule has 0 atom stereocenters. The van der Waals surface area contributed by atoms with Gasteiger partial charge in [0.1, 0.15) is 10.6 Å². The van der Waals surface area contributed by atoms with Gasteiger partial charge in [0.2, 0.25) is 10.0 Å². The number of piperazine rings is 1. The molecule has 2 heterocycles. The lowest BCUT2D eigenvalue weighted by Crippen LogP contribution is -2.46. The average Bonchev–Trinajstić information content (AvgIpc) is 2.47. The molecule has 2 N–H and O–H groups in total. The van der Waals surface area contributed by atoms with Gasteiger partial charge in [0, 0.05) is 36.7 Å². The first kappa shape index (κ1) is 17.5. The summed E-state index contributed by atoms with van der Waals surface area (Å²) in [7, 11) is -3.59. The third-order valence-corrected chi connectivity index (χ3v) is 6.22. The van der Waals surface area contributed by atoms with Crippen LogP contribution in [0.5, 0.6) is 5.75 Å². The standard InChI is InChI=1S/C12H14BrN3O4S.ClH/c13-8-5-9-10(20-7-12(17)15-9)6-11(8)21(18,19)16-3-1-14-2-4-16;/h5-6,14H,1-4,7H2,(H,15,17);1H. The molecular weight excluding hydrogens is 398 g/mol. The van der Waals surface area contributed by atoms with Gasteiger partial charge in [-0.1, -0.05) is 0 Å². The SMILES string of the molecule is Cl.O=C1COc2cc(S(=O)(=O)N3CCNCC3)c(Br)cc2N1. The Morgan fingerprint density at radius 1 is 1.23 bits per heavy atom. The van der Waals surface area contributed by atoms with Gasteiger partial charge in [0.05, 0.1) is 5.69 Å². The van der Waals surface area contributed by atoms with Crippen LogP contribution in [-0.4, -0.2) is 51.4 Å². The van der Waals surface area contributed by atoms with Crippen molar-refractivity contribution in [3.63, 3.8) is 0 Å². The Morgan fingerprint density at radius 3 is 2.59 bits per heavy atom. The first-order valence-electron chi connectivity index (χ1n) is 6.45. The molecule has 22 heavy (non-hydrogen) atoms. The maximum absolute atomic E-state index is 12.7. The molecule has 122 valence electrons. The van der Waals surface area contributed by atoms with Crippen molar-refractivity contribution in [2.75, 3.05) is 38.1 Å². The monoisotopic (exact) mass is 411 g/mol. The fourth-order valence-corrected chi connectivity index (χ4v) is 4.76. The zero-order chi connectivity index (χ0) is 15.0. The quantitative estimate of drug-likeness (QED) is 0.750. The first-order valence-corrected chi connectivity index (χ1v) is 8.69. The molecule has 0 radical (unpaired) electrons. The zero-order valence-electron chi connectivity index (χ0n) is 11.5. The lowest BCUT2D eigenvalue weighted by molar-refractivity contribution is -0.118. The third kappa shape index (κ3) is 3.23. The molecule has 2 aliphatic rings. The van der Waals surface area contributed by atoms with Gasteiger partial charge >= 0.3 is 0 Å². The number of amides is 1. The molecule has 0 unspecified atom stereocenters. The van der Waals surface area contributed by atoms with Crippen LogP contribution < -0.4 is 15.4 Å². The summed E-state index contributed by atoms with van der Waals surface area (Å²) in [6, 6.07) is 3.01. The van der Waals surface area contributed by atoms with Crippen LogP contribution in [-0.2, 0) is 14.8 Å². The summed E-state index contributed by atoms with van der Waals surface area (Å²) in [6.45, 7) is 2.03. The van der Waals surface area contributed by atoms with Gasteiger partial charge in [-0.05, 0) is 22.0 Å². The Hall–Kier alpha value is -0.870. The topological polar surface area (TPSA) is 87.7 Å². The largest absolute Gasteiger partial charge is 0.482 e. The molecule has 0 saturated carbocycles. The second-order valence-electron chi connectivity index (χ2n) is 4.77. The molecule has 2 aliphatic heterocycles. The molecular formula is C12H15BrClN3O4S. The molecule has 1 saturated heterocycles. The summed E-state index contributed by atoms with van der Waals surface area (Å²) in [5.74, 6) is 0.110. The number of rotatable bonds is 2. The normalized spacial score (nSPS) is 18.7. The van der Waals surface area contributed by atoms with E-state index in [2.05, 4.69) is 26.6 Å². The third-order valence-electron chi connectivity index (χ3n) is 3.36. The van der Waals surface area contributed by atoms with Crippen molar-refractivity contribution in [2.45, 2.75) is 4.90 Å². The van der Waals surface area contributed by atoms with E-state index in [1.807, 2.05) is 0 Å². The maximum atomic E-state index is 12.7. The molecule has 7 nitrogen and oxygen atoms in total. The molecule has 0 spiro atoms. The Bertz CT molecular complexity index is 692. The number of halogens is 2. The van der Waals surface area contributed by atoms with E-state index in [0.717, 1.165) is 0 Å². The minimum absolute atomic E-state index is 0. The molecule has 1 aromatic carbocycles. The van der Waals surface area contributed by atoms with Crippen molar-refractivity contribution in [2.24, 2.45) is 0 Å². The Morgan fingerprint density at radius 2 is 1.91 bits per heavy atom. The number of fused-ring (bicyclic) bond motifs is 1. The minimum Gasteiger partial charge on any atom is -0.482 e. The van der Waals surface area contributed by atoms with Gasteiger partial charge in [-0.3, -0.25) is 4.79 Å². The van der Waals surface area contributed by atoms with E-state index in [9.17, 15) is 13.2 Å². The highest BCUT2D eigenvalue weighted by atomic mass is 79.9. The second kappa shape index (κ2) is 6.71. The summed E-state index contributed by atoms with van der Waals surface area (Å²) in [5, 5.41) is 5.76. The Balaban J connectivity index is 0.00000176. The minimum atomic E-state index is -3.59. The number of nitrogens with one attached hydrogen (secondary N) is 2. The number of carbonyl (C=O) groups is 1. The lowest BCUT2D eigenvalue weighted by atomic mass is 10.2. The van der Waals surface area contributed by atoms with Crippen molar-refractivity contribution < 1.29 is 17.9 Å². The summed E-state index contributed by atoms with van der Waals surface area (Å²) in [6.07, 6.45) is 0. The van der Waals surface area contributed by atoms with E-state index in [0.29, 0.717) is 42.1 Å². The Kier molecular flexibility index (Phi) is 5.33. The molecule has 3 rings (SSSR count). The summed E-state index contributed by atoms with van der Waals surface area (Å²) in [4.78, 5) is 11.4. The number of sulfonamides is 1. The van der Waals surface area contributed by atoms with Crippen LogP contribution in [0.2, 0.25) is 0 Å². The lowest BCUT2D eigenvalue weighted by Gasteiger charge is -2.27. The number of hydrogen-bond donors (Lipinski definition) is 2. The summed E-state index contributed by atoms with van der Waals surface area (Å²) >= 11 is 3.27. The number of carbonyl (C=O) groups excluding carboxylic acids is 1. The molecule has 1 aromatic rings. The number of anilines is 1. The van der Waals surface area contributed by atoms with E-state index >= 15 is 0 Å². The number of ether oxygens (including phenoxy) is 1. The van der Waals surface area contributed by atoms with Crippen LogP contribution in [0, 0.1) is 0 Å². The van der Waals surface area contributed by atoms with E-state index < -0.39 is 10.0 Å². The predicted octanol–water partition coefficient (Wildman–Crippen LogP) is 0.796. The van der Waals surface area contributed by atoms with Crippen LogP contribution in [0.4, 0.5) is 5.69 Å². The molecule has 10 heteroatoms. The van der Waals surface area contributed by atoms with Gasteiger partial charge in [0.15, 0.2) is 6.61 Å². The Labute approximate surface area is 143 Å². The van der Waals surface area contributed by atoms with E-state index in [4.69, 9.17) is 4.74 Å². The number of benzene rings is 1. The van der Waals surface area contributed by atoms with Gasteiger partial charge in [-0.2, -0.15) is 4.31 Å². The van der Waals surface area contributed by atoms with Crippen molar-refractivity contribution in [3.05, 3.63) is 16.6 Å². The van der Waals surface area contributed by atoms with Crippen molar-refractivity contribution in [3.8, 4) is 5.75 Å². The zero-order valence-corrected chi connectivity index (χ0v) is 14.7.